The lowest BCUT2D eigenvalue weighted by Gasteiger charge is -2.25. The number of ether oxygens (including phenoxy) is 1. The first-order chi connectivity index (χ1) is 21.0. The average Bonchev–Trinajstić information content (AvgIpc) is 3.40. The topological polar surface area (TPSA) is 151 Å². The number of carbonyl (C=O) groups excluding carboxylic acids is 4. The zero-order valence-electron chi connectivity index (χ0n) is 25.6. The Hall–Kier alpha value is -3.86. The van der Waals surface area contributed by atoms with Gasteiger partial charge in [0.1, 0.15) is 11.8 Å². The molecule has 10 nitrogen and oxygen atoms in total. The number of thioether (sulfide) groups is 1. The van der Waals surface area contributed by atoms with Crippen LogP contribution in [0.4, 0.5) is 0 Å². The second kappa shape index (κ2) is 17.4. The maximum Gasteiger partial charge on any atom is 0.305 e. The summed E-state index contributed by atoms with van der Waals surface area (Å²) in [6.45, 7) is 5.81. The fourth-order valence-electron chi connectivity index (χ4n) is 5.02. The van der Waals surface area contributed by atoms with Gasteiger partial charge >= 0.3 is 5.97 Å². The minimum absolute atomic E-state index is 0.0343. The van der Waals surface area contributed by atoms with Gasteiger partial charge in [-0.2, -0.15) is 0 Å². The van der Waals surface area contributed by atoms with Gasteiger partial charge < -0.3 is 25.8 Å². The molecule has 2 aromatic rings. The molecule has 0 unspecified atom stereocenters. The Morgan fingerprint density at radius 3 is 2.45 bits per heavy atom. The minimum atomic E-state index is -1.22. The van der Waals surface area contributed by atoms with Gasteiger partial charge in [0.15, 0.2) is 5.78 Å². The molecule has 3 rings (SSSR count). The third kappa shape index (κ3) is 11.3. The summed E-state index contributed by atoms with van der Waals surface area (Å²) < 4.78 is 5.75. The molecular weight excluding hydrogens is 582 g/mol. The third-order valence-corrected chi connectivity index (χ3v) is 8.37. The quantitative estimate of drug-likeness (QED) is 0.197. The molecule has 1 aliphatic heterocycles. The highest BCUT2D eigenvalue weighted by Gasteiger charge is 2.30. The molecule has 1 heterocycles. The van der Waals surface area contributed by atoms with E-state index >= 15 is 0 Å². The molecule has 3 amide bonds. The molecule has 1 aliphatic rings. The van der Waals surface area contributed by atoms with Gasteiger partial charge in [0.05, 0.1) is 31.2 Å². The van der Waals surface area contributed by atoms with Crippen LogP contribution < -0.4 is 20.7 Å². The fourth-order valence-corrected chi connectivity index (χ4v) is 5.95. The molecule has 1 saturated heterocycles. The van der Waals surface area contributed by atoms with E-state index in [9.17, 15) is 29.1 Å². The first-order valence-electron chi connectivity index (χ1n) is 15.1. The van der Waals surface area contributed by atoms with Gasteiger partial charge in [-0.3, -0.25) is 24.0 Å². The van der Waals surface area contributed by atoms with Crippen molar-refractivity contribution in [3.63, 3.8) is 0 Å². The number of carboxylic acids is 1. The van der Waals surface area contributed by atoms with Gasteiger partial charge in [-0.15, -0.1) is 11.8 Å². The molecule has 238 valence electrons. The van der Waals surface area contributed by atoms with E-state index in [4.69, 9.17) is 4.74 Å². The number of aliphatic carboxylic acids is 1. The van der Waals surface area contributed by atoms with Gasteiger partial charge in [-0.1, -0.05) is 56.3 Å². The second-order valence-corrected chi connectivity index (χ2v) is 12.3. The minimum Gasteiger partial charge on any atom is -0.494 e. The largest absolute Gasteiger partial charge is 0.494 e. The Kier molecular flexibility index (Phi) is 13.7. The number of carbonyl (C=O) groups is 5. The van der Waals surface area contributed by atoms with Crippen molar-refractivity contribution < 1.29 is 33.8 Å². The highest BCUT2D eigenvalue weighted by molar-refractivity contribution is 7.99. The molecule has 0 spiro atoms. The van der Waals surface area contributed by atoms with E-state index in [1.165, 1.54) is 11.8 Å². The van der Waals surface area contributed by atoms with Crippen LogP contribution >= 0.6 is 11.8 Å². The molecular formula is C33H43N3O7S. The van der Waals surface area contributed by atoms with Crippen LogP contribution in [-0.4, -0.2) is 65.1 Å². The molecule has 0 bridgehead atoms. The lowest BCUT2D eigenvalue weighted by Crippen LogP contribution is -2.54. The Labute approximate surface area is 263 Å². The van der Waals surface area contributed by atoms with Crippen LogP contribution in [0, 0.1) is 5.92 Å². The number of nitrogens with one attached hydrogen (secondary N) is 3. The van der Waals surface area contributed by atoms with Crippen molar-refractivity contribution in [2.45, 2.75) is 83.2 Å². The molecule has 3 atom stereocenters. The van der Waals surface area contributed by atoms with Crippen LogP contribution in [0.5, 0.6) is 5.75 Å². The van der Waals surface area contributed by atoms with Crippen molar-refractivity contribution in [2.75, 3.05) is 12.4 Å². The maximum atomic E-state index is 13.3. The van der Waals surface area contributed by atoms with E-state index in [0.29, 0.717) is 30.1 Å². The molecule has 11 heteroatoms. The highest BCUT2D eigenvalue weighted by atomic mass is 32.2. The van der Waals surface area contributed by atoms with Crippen LogP contribution in [0.25, 0.3) is 0 Å². The summed E-state index contributed by atoms with van der Waals surface area (Å²) >= 11 is 1.35. The van der Waals surface area contributed by atoms with Crippen LogP contribution in [0.1, 0.15) is 63.1 Å². The Morgan fingerprint density at radius 1 is 1.07 bits per heavy atom. The second-order valence-electron chi connectivity index (χ2n) is 11.3. The number of hydrogen-bond acceptors (Lipinski definition) is 7. The summed E-state index contributed by atoms with van der Waals surface area (Å²) in [6.07, 6.45) is 2.29. The fraction of sp³-hybridized carbons (Fsp3) is 0.485. The van der Waals surface area contributed by atoms with E-state index in [0.717, 1.165) is 30.4 Å². The number of ketones is 1. The molecule has 4 N–H and O–H groups in total. The molecule has 1 fully saturated rings. The van der Waals surface area contributed by atoms with Gasteiger partial charge in [-0.25, -0.2) is 0 Å². The van der Waals surface area contributed by atoms with Crippen LogP contribution in [0.2, 0.25) is 0 Å². The monoisotopic (exact) mass is 625 g/mol. The smallest absolute Gasteiger partial charge is 0.305 e. The van der Waals surface area contributed by atoms with Gasteiger partial charge in [0, 0.05) is 23.8 Å². The van der Waals surface area contributed by atoms with Crippen LogP contribution in [-0.2, 0) is 42.6 Å². The van der Waals surface area contributed by atoms with Crippen molar-refractivity contribution in [1.29, 1.82) is 0 Å². The number of aryl methyl sites for hydroxylation is 1. The average molecular weight is 626 g/mol. The Morgan fingerprint density at radius 2 is 1.82 bits per heavy atom. The van der Waals surface area contributed by atoms with Crippen molar-refractivity contribution in [1.82, 2.24) is 16.0 Å². The zero-order chi connectivity index (χ0) is 32.1. The van der Waals surface area contributed by atoms with E-state index in [-0.39, 0.29) is 30.0 Å². The number of rotatable bonds is 18. The SMILES string of the molecule is CCOc1ccc(CC[C@H]2CCC(=O)N2)cc1CC(=O)N[C@H](C(=O)N[C@@H](CC(=O)O)C(=O)CSCc1ccccc1)C(C)C. The van der Waals surface area contributed by atoms with E-state index in [1.54, 1.807) is 13.8 Å². The number of benzene rings is 2. The van der Waals surface area contributed by atoms with Crippen LogP contribution in [0.3, 0.4) is 0 Å². The Bertz CT molecular complexity index is 1300. The molecule has 0 radical (unpaired) electrons. The van der Waals surface area contributed by atoms with E-state index < -0.39 is 42.1 Å². The first kappa shape index (κ1) is 34.6. The van der Waals surface area contributed by atoms with Gasteiger partial charge in [0.2, 0.25) is 17.7 Å². The van der Waals surface area contributed by atoms with Gasteiger partial charge in [0.25, 0.3) is 0 Å². The van der Waals surface area contributed by atoms with Crippen LogP contribution in [0.15, 0.2) is 48.5 Å². The summed E-state index contributed by atoms with van der Waals surface area (Å²) in [5.41, 5.74) is 2.72. The summed E-state index contributed by atoms with van der Waals surface area (Å²) in [6, 6.07) is 13.2. The molecule has 0 aliphatic carbocycles. The molecule has 0 saturated carbocycles. The predicted octanol–water partition coefficient (Wildman–Crippen LogP) is 3.44. The number of carboxylic acid groups (broad SMARTS) is 1. The zero-order valence-corrected chi connectivity index (χ0v) is 26.4. The molecule has 0 aromatic heterocycles. The van der Waals surface area contributed by atoms with Gasteiger partial charge in [-0.05, 0) is 49.3 Å². The number of amides is 3. The third-order valence-electron chi connectivity index (χ3n) is 7.35. The number of Topliss-reactive ketones (excluding diaryl/α,β-unsaturated/α-hetero) is 1. The summed E-state index contributed by atoms with van der Waals surface area (Å²) in [5, 5.41) is 17.7. The van der Waals surface area contributed by atoms with Crippen molar-refractivity contribution in [3.8, 4) is 5.75 Å². The number of hydrogen-bond donors (Lipinski definition) is 4. The summed E-state index contributed by atoms with van der Waals surface area (Å²) in [7, 11) is 0. The Balaban J connectivity index is 1.62. The summed E-state index contributed by atoms with van der Waals surface area (Å²) in [4.78, 5) is 62.5. The predicted molar refractivity (Wildman–Crippen MR) is 169 cm³/mol. The molecule has 44 heavy (non-hydrogen) atoms. The van der Waals surface area contributed by atoms with E-state index in [1.807, 2.05) is 55.5 Å². The first-order valence-corrected chi connectivity index (χ1v) is 16.2. The standard InChI is InChI=1S/C33H43N3O7S/c1-4-43-28-14-11-22(10-12-25-13-15-29(38)34-25)16-24(28)17-30(39)36-32(21(2)3)33(42)35-26(18-31(40)41)27(37)20-44-19-23-8-6-5-7-9-23/h5-9,11,14,16,21,25-26,32H,4,10,12-13,15,17-20H2,1-3H3,(H,34,38)(H,35,42)(H,36,39)(H,40,41)/t25-,26-,32-/m0/s1. The van der Waals surface area contributed by atoms with Crippen molar-refractivity contribution >= 4 is 41.2 Å². The summed E-state index contributed by atoms with van der Waals surface area (Å²) in [5.74, 6) is -1.69. The van der Waals surface area contributed by atoms with E-state index in [2.05, 4.69) is 16.0 Å². The van der Waals surface area contributed by atoms with Crippen molar-refractivity contribution in [3.05, 3.63) is 65.2 Å². The normalized spacial score (nSPS) is 15.7. The molecule has 2 aromatic carbocycles. The van der Waals surface area contributed by atoms with Crippen molar-refractivity contribution in [2.24, 2.45) is 5.92 Å². The highest BCUT2D eigenvalue weighted by Crippen LogP contribution is 2.23. The maximum absolute atomic E-state index is 13.3. The lowest BCUT2D eigenvalue weighted by molar-refractivity contribution is -0.140. The lowest BCUT2D eigenvalue weighted by atomic mass is 9.99.